The standard InChI is InChI=1S/C16H15ClOS/c1-19-16(13-9-5-6-10-14(13)17)11-15(18)12-7-3-2-4-8-12/h2-10,16H,11H2,1H3. The van der Waals surface area contributed by atoms with Crippen molar-refractivity contribution in [1.82, 2.24) is 0 Å². The Morgan fingerprint density at radius 2 is 1.74 bits per heavy atom. The molecule has 1 nitrogen and oxygen atoms in total. The molecule has 0 aliphatic carbocycles. The van der Waals surface area contributed by atoms with Crippen molar-refractivity contribution in [3.05, 3.63) is 70.7 Å². The molecule has 2 aromatic carbocycles. The first-order valence-corrected chi connectivity index (χ1v) is 7.74. The molecule has 2 rings (SSSR count). The van der Waals surface area contributed by atoms with E-state index in [9.17, 15) is 4.79 Å². The lowest BCUT2D eigenvalue weighted by Gasteiger charge is -2.15. The van der Waals surface area contributed by atoms with Gasteiger partial charge in [0.05, 0.1) is 0 Å². The molecular weight excluding hydrogens is 276 g/mol. The van der Waals surface area contributed by atoms with Crippen molar-refractivity contribution in [3.8, 4) is 0 Å². The Bertz CT molecular complexity index is 554. The summed E-state index contributed by atoms with van der Waals surface area (Å²) in [5, 5.41) is 0.823. The predicted molar refractivity (Wildman–Crippen MR) is 83.1 cm³/mol. The van der Waals surface area contributed by atoms with Crippen LogP contribution >= 0.6 is 23.4 Å². The van der Waals surface area contributed by atoms with Crippen LogP contribution in [-0.2, 0) is 0 Å². The highest BCUT2D eigenvalue weighted by Gasteiger charge is 2.18. The molecule has 0 bridgehead atoms. The summed E-state index contributed by atoms with van der Waals surface area (Å²) in [6.07, 6.45) is 2.47. The van der Waals surface area contributed by atoms with Gasteiger partial charge in [-0.25, -0.2) is 0 Å². The predicted octanol–water partition coefficient (Wildman–Crippen LogP) is 5.02. The van der Waals surface area contributed by atoms with Crippen LogP contribution in [0.15, 0.2) is 54.6 Å². The number of halogens is 1. The smallest absolute Gasteiger partial charge is 0.164 e. The number of carbonyl (C=O) groups excluding carboxylic acids is 1. The summed E-state index contributed by atoms with van der Waals surface area (Å²) in [5.74, 6) is 0.153. The number of benzene rings is 2. The monoisotopic (exact) mass is 290 g/mol. The number of carbonyl (C=O) groups is 1. The van der Waals surface area contributed by atoms with E-state index < -0.39 is 0 Å². The SMILES string of the molecule is CSC(CC(=O)c1ccccc1)c1ccccc1Cl. The summed E-state index contributed by atoms with van der Waals surface area (Å²) in [7, 11) is 0. The van der Waals surface area contributed by atoms with E-state index in [-0.39, 0.29) is 11.0 Å². The third-order valence-electron chi connectivity index (χ3n) is 3.00. The molecule has 0 aromatic heterocycles. The molecule has 3 heteroatoms. The summed E-state index contributed by atoms with van der Waals surface area (Å²) in [6, 6.07) is 17.1. The third kappa shape index (κ3) is 3.62. The molecule has 2 aromatic rings. The maximum Gasteiger partial charge on any atom is 0.164 e. The van der Waals surface area contributed by atoms with E-state index in [4.69, 9.17) is 11.6 Å². The van der Waals surface area contributed by atoms with Crippen LogP contribution in [0, 0.1) is 0 Å². The lowest BCUT2D eigenvalue weighted by molar-refractivity contribution is 0.0982. The van der Waals surface area contributed by atoms with Crippen molar-refractivity contribution in [3.63, 3.8) is 0 Å². The van der Waals surface area contributed by atoms with Crippen LogP contribution in [0.5, 0.6) is 0 Å². The molecule has 98 valence electrons. The molecule has 0 fully saturated rings. The van der Waals surface area contributed by atoms with Gasteiger partial charge in [-0.3, -0.25) is 4.79 Å². The van der Waals surface area contributed by atoms with E-state index in [0.29, 0.717) is 6.42 Å². The third-order valence-corrected chi connectivity index (χ3v) is 4.34. The van der Waals surface area contributed by atoms with Gasteiger partial charge in [-0.1, -0.05) is 60.1 Å². The molecule has 0 N–H and O–H groups in total. The van der Waals surface area contributed by atoms with Gasteiger partial charge in [-0.2, -0.15) is 11.8 Å². The van der Waals surface area contributed by atoms with Gasteiger partial charge in [0.25, 0.3) is 0 Å². The Morgan fingerprint density at radius 1 is 1.11 bits per heavy atom. The van der Waals surface area contributed by atoms with E-state index >= 15 is 0 Å². The first-order chi connectivity index (χ1) is 9.22. The lowest BCUT2D eigenvalue weighted by atomic mass is 10.0. The number of rotatable bonds is 5. The second-order valence-electron chi connectivity index (χ2n) is 4.24. The van der Waals surface area contributed by atoms with E-state index in [1.165, 1.54) is 0 Å². The number of hydrogen-bond acceptors (Lipinski definition) is 2. The van der Waals surface area contributed by atoms with Gasteiger partial charge in [0.15, 0.2) is 5.78 Å². The molecule has 1 atom stereocenters. The van der Waals surface area contributed by atoms with E-state index in [2.05, 4.69) is 0 Å². The molecule has 1 unspecified atom stereocenters. The topological polar surface area (TPSA) is 17.1 Å². The van der Waals surface area contributed by atoms with Gasteiger partial charge in [0.2, 0.25) is 0 Å². The molecule has 19 heavy (non-hydrogen) atoms. The van der Waals surface area contributed by atoms with Crippen molar-refractivity contribution >= 4 is 29.1 Å². The fraction of sp³-hybridized carbons (Fsp3) is 0.188. The zero-order valence-electron chi connectivity index (χ0n) is 10.7. The van der Waals surface area contributed by atoms with E-state index in [0.717, 1.165) is 16.1 Å². The lowest BCUT2D eigenvalue weighted by Crippen LogP contribution is -2.05. The maximum absolute atomic E-state index is 12.2. The molecule has 0 spiro atoms. The van der Waals surface area contributed by atoms with Crippen molar-refractivity contribution in [1.29, 1.82) is 0 Å². The number of ketones is 1. The van der Waals surface area contributed by atoms with Crippen LogP contribution in [0.1, 0.15) is 27.6 Å². The summed E-state index contributed by atoms with van der Waals surface area (Å²) >= 11 is 7.86. The Kier molecular flexibility index (Phi) is 5.06. The molecule has 0 radical (unpaired) electrons. The van der Waals surface area contributed by atoms with Gasteiger partial charge in [-0.15, -0.1) is 0 Å². The minimum Gasteiger partial charge on any atom is -0.294 e. The van der Waals surface area contributed by atoms with Crippen molar-refractivity contribution in [2.24, 2.45) is 0 Å². The molecule has 0 saturated heterocycles. The zero-order chi connectivity index (χ0) is 13.7. The maximum atomic E-state index is 12.2. The Balaban J connectivity index is 2.17. The Hall–Kier alpha value is -1.25. The van der Waals surface area contributed by atoms with Crippen molar-refractivity contribution < 1.29 is 4.79 Å². The highest BCUT2D eigenvalue weighted by molar-refractivity contribution is 7.98. The second-order valence-corrected chi connectivity index (χ2v) is 5.69. The molecule has 0 aliphatic rings. The first kappa shape index (κ1) is 14.2. The molecular formula is C16H15ClOS. The van der Waals surface area contributed by atoms with E-state index in [1.54, 1.807) is 11.8 Å². The average Bonchev–Trinajstić information content (AvgIpc) is 2.46. The number of hydrogen-bond donors (Lipinski definition) is 0. The van der Waals surface area contributed by atoms with Crippen molar-refractivity contribution in [2.45, 2.75) is 11.7 Å². The van der Waals surface area contributed by atoms with Crippen molar-refractivity contribution in [2.75, 3.05) is 6.26 Å². The minimum atomic E-state index is 0.0985. The fourth-order valence-electron chi connectivity index (χ4n) is 1.97. The van der Waals surface area contributed by atoms with Gasteiger partial charge in [-0.05, 0) is 17.9 Å². The van der Waals surface area contributed by atoms with Gasteiger partial charge in [0, 0.05) is 22.3 Å². The minimum absolute atomic E-state index is 0.0985. The quantitative estimate of drug-likeness (QED) is 0.720. The van der Waals surface area contributed by atoms with Gasteiger partial charge < -0.3 is 0 Å². The molecule has 0 amide bonds. The highest BCUT2D eigenvalue weighted by Crippen LogP contribution is 2.35. The first-order valence-electron chi connectivity index (χ1n) is 6.08. The van der Waals surface area contributed by atoms with Crippen LogP contribution in [-0.4, -0.2) is 12.0 Å². The summed E-state index contributed by atoms with van der Waals surface area (Å²) < 4.78 is 0. The summed E-state index contributed by atoms with van der Waals surface area (Å²) in [5.41, 5.74) is 1.79. The zero-order valence-corrected chi connectivity index (χ0v) is 12.2. The number of thioether (sulfide) groups is 1. The highest BCUT2D eigenvalue weighted by atomic mass is 35.5. The van der Waals surface area contributed by atoms with Crippen LogP contribution in [0.25, 0.3) is 0 Å². The van der Waals surface area contributed by atoms with Crippen LogP contribution in [0.3, 0.4) is 0 Å². The second kappa shape index (κ2) is 6.78. The molecule has 0 saturated carbocycles. The van der Waals surface area contributed by atoms with Crippen LogP contribution in [0.4, 0.5) is 0 Å². The number of Topliss-reactive ketones (excluding diaryl/α,β-unsaturated/α-hetero) is 1. The van der Waals surface area contributed by atoms with Crippen LogP contribution in [0.2, 0.25) is 5.02 Å². The average molecular weight is 291 g/mol. The van der Waals surface area contributed by atoms with Crippen LogP contribution < -0.4 is 0 Å². The van der Waals surface area contributed by atoms with Gasteiger partial charge >= 0.3 is 0 Å². The molecule has 0 aliphatic heterocycles. The Morgan fingerprint density at radius 3 is 2.37 bits per heavy atom. The molecule has 0 heterocycles. The normalized spacial score (nSPS) is 12.1. The van der Waals surface area contributed by atoms with Gasteiger partial charge in [0.1, 0.15) is 0 Å². The summed E-state index contributed by atoms with van der Waals surface area (Å²) in [6.45, 7) is 0. The fourth-order valence-corrected chi connectivity index (χ4v) is 3.08. The van der Waals surface area contributed by atoms with E-state index in [1.807, 2.05) is 60.9 Å². The Labute approximate surface area is 123 Å². The summed E-state index contributed by atoms with van der Waals surface area (Å²) in [4.78, 5) is 12.2. The largest absolute Gasteiger partial charge is 0.294 e.